The summed E-state index contributed by atoms with van der Waals surface area (Å²) in [5, 5.41) is 10.1. The Balaban J connectivity index is 1.60. The molecule has 168 valence electrons. The lowest BCUT2D eigenvalue weighted by Crippen LogP contribution is -2.36. The molecule has 1 N–H and O–H groups in total. The van der Waals surface area contributed by atoms with E-state index in [1.807, 2.05) is 49.4 Å². The molecule has 0 radical (unpaired) electrons. The maximum Gasteiger partial charge on any atom is 0.408 e. The Bertz CT molecular complexity index is 848. The van der Waals surface area contributed by atoms with Gasteiger partial charge in [-0.15, -0.1) is 0 Å². The van der Waals surface area contributed by atoms with Crippen LogP contribution in [0.25, 0.3) is 0 Å². The molecule has 1 amide bonds. The minimum absolute atomic E-state index is 0.323. The van der Waals surface area contributed by atoms with E-state index >= 15 is 0 Å². The third-order valence-electron chi connectivity index (χ3n) is 6.27. The fourth-order valence-electron chi connectivity index (χ4n) is 4.55. The van der Waals surface area contributed by atoms with Crippen LogP contribution < -0.4 is 4.74 Å². The molecule has 2 aromatic carbocycles. The Kier molecular flexibility index (Phi) is 8.81. The Morgan fingerprint density at radius 3 is 2.16 bits per heavy atom. The molecule has 31 heavy (non-hydrogen) atoms. The SMILES string of the molecule is CCCCCCCCCCCCN(C(=O)O)C1c2ccccc2Oc2c(C)cccc21. The predicted octanol–water partition coefficient (Wildman–Crippen LogP) is 8.09. The number of ether oxygens (including phenoxy) is 1. The zero-order valence-electron chi connectivity index (χ0n) is 19.1. The molecule has 4 heteroatoms. The number of para-hydroxylation sites is 2. The first-order valence-electron chi connectivity index (χ1n) is 12.0. The number of rotatable bonds is 12. The van der Waals surface area contributed by atoms with Gasteiger partial charge in [0.2, 0.25) is 0 Å². The van der Waals surface area contributed by atoms with Crippen molar-refractivity contribution in [3.8, 4) is 11.5 Å². The first kappa shape index (κ1) is 23.2. The third-order valence-corrected chi connectivity index (χ3v) is 6.27. The van der Waals surface area contributed by atoms with Gasteiger partial charge in [0, 0.05) is 17.7 Å². The molecule has 3 rings (SSSR count). The first-order valence-corrected chi connectivity index (χ1v) is 12.0. The Morgan fingerprint density at radius 1 is 0.871 bits per heavy atom. The highest BCUT2D eigenvalue weighted by molar-refractivity contribution is 5.69. The summed E-state index contributed by atoms with van der Waals surface area (Å²) < 4.78 is 6.15. The number of carboxylic acid groups (broad SMARTS) is 1. The van der Waals surface area contributed by atoms with E-state index in [1.54, 1.807) is 4.90 Å². The molecule has 1 aliphatic rings. The second kappa shape index (κ2) is 11.8. The van der Waals surface area contributed by atoms with Gasteiger partial charge >= 0.3 is 6.09 Å². The summed E-state index contributed by atoms with van der Waals surface area (Å²) in [7, 11) is 0. The Hall–Kier alpha value is -2.49. The average Bonchev–Trinajstić information content (AvgIpc) is 2.77. The molecular weight excluding hydrogens is 386 g/mol. The maximum absolute atomic E-state index is 12.3. The minimum Gasteiger partial charge on any atom is -0.465 e. The van der Waals surface area contributed by atoms with Gasteiger partial charge in [0.25, 0.3) is 0 Å². The molecule has 0 saturated carbocycles. The van der Waals surface area contributed by atoms with Crippen LogP contribution in [0.1, 0.15) is 93.9 Å². The molecule has 1 atom stereocenters. The first-order chi connectivity index (χ1) is 15.1. The summed E-state index contributed by atoms with van der Waals surface area (Å²) in [6.45, 7) is 4.80. The number of fused-ring (bicyclic) bond motifs is 2. The lowest BCUT2D eigenvalue weighted by atomic mass is 9.91. The summed E-state index contributed by atoms with van der Waals surface area (Å²) in [5.41, 5.74) is 2.89. The molecule has 0 spiro atoms. The molecule has 0 aliphatic carbocycles. The van der Waals surface area contributed by atoms with Gasteiger partial charge in [-0.3, -0.25) is 4.90 Å². The van der Waals surface area contributed by atoms with E-state index in [4.69, 9.17) is 4.74 Å². The lowest BCUT2D eigenvalue weighted by molar-refractivity contribution is 0.128. The van der Waals surface area contributed by atoms with Gasteiger partial charge in [-0.25, -0.2) is 4.79 Å². The van der Waals surface area contributed by atoms with Crippen molar-refractivity contribution in [2.45, 2.75) is 84.1 Å². The number of unbranched alkanes of at least 4 members (excludes halogenated alkanes) is 9. The molecule has 0 saturated heterocycles. The molecule has 4 nitrogen and oxygen atoms in total. The number of hydrogen-bond donors (Lipinski definition) is 1. The fraction of sp³-hybridized carbons (Fsp3) is 0.519. The highest BCUT2D eigenvalue weighted by Gasteiger charge is 2.34. The van der Waals surface area contributed by atoms with Gasteiger partial charge in [0.1, 0.15) is 11.5 Å². The lowest BCUT2D eigenvalue weighted by Gasteiger charge is -2.35. The van der Waals surface area contributed by atoms with Gasteiger partial charge < -0.3 is 9.84 Å². The summed E-state index contributed by atoms with van der Waals surface area (Å²) in [5.74, 6) is 1.55. The van der Waals surface area contributed by atoms with Crippen LogP contribution in [0.2, 0.25) is 0 Å². The number of benzene rings is 2. The van der Waals surface area contributed by atoms with Gasteiger partial charge in [-0.1, -0.05) is 101 Å². The van der Waals surface area contributed by atoms with E-state index in [9.17, 15) is 9.90 Å². The highest BCUT2D eigenvalue weighted by atomic mass is 16.5. The van der Waals surface area contributed by atoms with E-state index in [2.05, 4.69) is 6.92 Å². The van der Waals surface area contributed by atoms with Gasteiger partial charge in [-0.2, -0.15) is 0 Å². The van der Waals surface area contributed by atoms with Crippen LogP contribution in [0.4, 0.5) is 4.79 Å². The summed E-state index contributed by atoms with van der Waals surface area (Å²) in [6.07, 6.45) is 11.5. The standard InChI is InChI=1S/C27H37NO3/c1-3-4-5-6-7-8-9-10-11-14-20-28(27(29)30)25-22-17-12-13-19-24(22)31-26-21(2)16-15-18-23(25)26/h12-13,15-19,25H,3-11,14,20H2,1-2H3,(H,29,30). The van der Waals surface area contributed by atoms with Crippen molar-refractivity contribution in [2.75, 3.05) is 6.54 Å². The topological polar surface area (TPSA) is 49.8 Å². The van der Waals surface area contributed by atoms with E-state index in [1.165, 1.54) is 51.4 Å². The Labute approximate surface area is 187 Å². The van der Waals surface area contributed by atoms with E-state index in [-0.39, 0.29) is 6.04 Å². The zero-order chi connectivity index (χ0) is 22.1. The maximum atomic E-state index is 12.3. The smallest absolute Gasteiger partial charge is 0.408 e. The van der Waals surface area contributed by atoms with Gasteiger partial charge in [-0.05, 0) is 25.0 Å². The predicted molar refractivity (Wildman–Crippen MR) is 126 cm³/mol. The van der Waals surface area contributed by atoms with Crippen LogP contribution in [-0.2, 0) is 0 Å². The third kappa shape index (κ3) is 6.03. The average molecular weight is 424 g/mol. The molecular formula is C27H37NO3. The molecule has 0 aromatic heterocycles. The van der Waals surface area contributed by atoms with E-state index < -0.39 is 6.09 Å². The van der Waals surface area contributed by atoms with Crippen molar-refractivity contribution in [1.82, 2.24) is 4.90 Å². The molecule has 2 aromatic rings. The number of carbonyl (C=O) groups is 1. The van der Waals surface area contributed by atoms with Crippen molar-refractivity contribution in [2.24, 2.45) is 0 Å². The van der Waals surface area contributed by atoms with Crippen LogP contribution in [0, 0.1) is 6.92 Å². The normalized spacial score (nSPS) is 14.5. The van der Waals surface area contributed by atoms with Crippen molar-refractivity contribution in [3.63, 3.8) is 0 Å². The summed E-state index contributed by atoms with van der Waals surface area (Å²) in [4.78, 5) is 13.9. The zero-order valence-corrected chi connectivity index (χ0v) is 19.1. The molecule has 0 bridgehead atoms. The van der Waals surface area contributed by atoms with Crippen molar-refractivity contribution in [1.29, 1.82) is 0 Å². The quantitative estimate of drug-likeness (QED) is 0.351. The second-order valence-electron chi connectivity index (χ2n) is 8.69. The second-order valence-corrected chi connectivity index (χ2v) is 8.69. The van der Waals surface area contributed by atoms with Crippen LogP contribution in [0.15, 0.2) is 42.5 Å². The van der Waals surface area contributed by atoms with Crippen LogP contribution in [-0.4, -0.2) is 22.6 Å². The number of hydrogen-bond acceptors (Lipinski definition) is 2. The molecule has 0 fully saturated rings. The molecule has 1 aliphatic heterocycles. The summed E-state index contributed by atoms with van der Waals surface area (Å²) in [6, 6.07) is 13.5. The highest BCUT2D eigenvalue weighted by Crippen LogP contribution is 2.47. The monoisotopic (exact) mass is 423 g/mol. The van der Waals surface area contributed by atoms with Crippen molar-refractivity contribution in [3.05, 3.63) is 59.2 Å². The number of aryl methyl sites for hydroxylation is 1. The van der Waals surface area contributed by atoms with Crippen molar-refractivity contribution < 1.29 is 14.6 Å². The van der Waals surface area contributed by atoms with Crippen LogP contribution in [0.5, 0.6) is 11.5 Å². The molecule has 1 heterocycles. The van der Waals surface area contributed by atoms with Crippen molar-refractivity contribution >= 4 is 6.09 Å². The van der Waals surface area contributed by atoms with Crippen LogP contribution >= 0.6 is 0 Å². The molecule has 1 unspecified atom stereocenters. The fourth-order valence-corrected chi connectivity index (χ4v) is 4.55. The van der Waals surface area contributed by atoms with E-state index in [0.717, 1.165) is 41.0 Å². The van der Waals surface area contributed by atoms with E-state index in [0.29, 0.717) is 6.54 Å². The Morgan fingerprint density at radius 2 is 1.48 bits per heavy atom. The van der Waals surface area contributed by atoms with Crippen LogP contribution in [0.3, 0.4) is 0 Å². The van der Waals surface area contributed by atoms with Gasteiger partial charge in [0.05, 0.1) is 6.04 Å². The minimum atomic E-state index is -0.870. The largest absolute Gasteiger partial charge is 0.465 e. The summed E-state index contributed by atoms with van der Waals surface area (Å²) >= 11 is 0. The van der Waals surface area contributed by atoms with Gasteiger partial charge in [0.15, 0.2) is 0 Å². The number of nitrogens with zero attached hydrogens (tertiary/aromatic N) is 1. The number of amides is 1.